The first kappa shape index (κ1) is 11.7. The molecule has 1 aromatic rings. The highest BCUT2D eigenvalue weighted by atomic mass is 16.5. The highest BCUT2D eigenvalue weighted by Crippen LogP contribution is 2.15. The number of hydrogen-bond acceptors (Lipinski definition) is 5. The van der Waals surface area contributed by atoms with E-state index in [9.17, 15) is 0 Å². The van der Waals surface area contributed by atoms with Crippen molar-refractivity contribution in [2.75, 3.05) is 19.0 Å². The highest BCUT2D eigenvalue weighted by Gasteiger charge is 2.17. The molecule has 0 aliphatic rings. The molecule has 0 fully saturated rings. The predicted molar refractivity (Wildman–Crippen MR) is 60.0 cm³/mol. The number of hydrogen-bond donors (Lipinski definition) is 2. The standard InChI is InChI=1S/C10H18N4O/c1-10(2,5-6-11)14-9-12-7-4-8(13-9)15-3/h4,7H,5-6,11H2,1-3H3,(H,12,13,14). The second kappa shape index (κ2) is 4.93. The summed E-state index contributed by atoms with van der Waals surface area (Å²) in [5, 5.41) is 3.21. The van der Waals surface area contributed by atoms with Gasteiger partial charge in [-0.15, -0.1) is 0 Å². The van der Waals surface area contributed by atoms with Gasteiger partial charge in [-0.2, -0.15) is 4.98 Å². The largest absolute Gasteiger partial charge is 0.481 e. The van der Waals surface area contributed by atoms with Crippen molar-refractivity contribution in [3.05, 3.63) is 12.3 Å². The Kier molecular flexibility index (Phi) is 3.85. The summed E-state index contributed by atoms with van der Waals surface area (Å²) in [6.07, 6.45) is 2.51. The minimum atomic E-state index is -0.110. The quantitative estimate of drug-likeness (QED) is 0.759. The lowest BCUT2D eigenvalue weighted by molar-refractivity contribution is 0.396. The molecule has 1 heterocycles. The molecular weight excluding hydrogens is 192 g/mol. The molecule has 15 heavy (non-hydrogen) atoms. The lowest BCUT2D eigenvalue weighted by Crippen LogP contribution is -2.34. The lowest BCUT2D eigenvalue weighted by atomic mass is 10.0. The van der Waals surface area contributed by atoms with Gasteiger partial charge in [0, 0.05) is 17.8 Å². The van der Waals surface area contributed by atoms with Crippen LogP contribution in [0.5, 0.6) is 5.88 Å². The van der Waals surface area contributed by atoms with Crippen LogP contribution in [0.4, 0.5) is 5.95 Å². The van der Waals surface area contributed by atoms with E-state index in [1.54, 1.807) is 19.4 Å². The van der Waals surface area contributed by atoms with Crippen LogP contribution < -0.4 is 15.8 Å². The third kappa shape index (κ3) is 3.71. The lowest BCUT2D eigenvalue weighted by Gasteiger charge is -2.25. The number of rotatable bonds is 5. The molecule has 5 nitrogen and oxygen atoms in total. The molecule has 0 radical (unpaired) electrons. The summed E-state index contributed by atoms with van der Waals surface area (Å²) >= 11 is 0. The van der Waals surface area contributed by atoms with Crippen molar-refractivity contribution in [3.63, 3.8) is 0 Å². The molecule has 0 saturated carbocycles. The monoisotopic (exact) mass is 210 g/mol. The molecule has 1 aromatic heterocycles. The second-order valence-corrected chi connectivity index (χ2v) is 3.97. The van der Waals surface area contributed by atoms with Gasteiger partial charge in [0.2, 0.25) is 11.8 Å². The summed E-state index contributed by atoms with van der Waals surface area (Å²) < 4.78 is 5.01. The Morgan fingerprint density at radius 3 is 2.87 bits per heavy atom. The first-order chi connectivity index (χ1) is 7.07. The van der Waals surface area contributed by atoms with Gasteiger partial charge in [0.25, 0.3) is 0 Å². The molecule has 1 rings (SSSR count). The summed E-state index contributed by atoms with van der Waals surface area (Å²) in [6.45, 7) is 4.75. The molecule has 5 heteroatoms. The van der Waals surface area contributed by atoms with Crippen molar-refractivity contribution < 1.29 is 4.74 Å². The number of methoxy groups -OCH3 is 1. The first-order valence-corrected chi connectivity index (χ1v) is 4.93. The van der Waals surface area contributed by atoms with Crippen LogP contribution in [-0.2, 0) is 0 Å². The van der Waals surface area contributed by atoms with Crippen LogP contribution in [0.15, 0.2) is 12.3 Å². The zero-order valence-corrected chi connectivity index (χ0v) is 9.45. The minimum Gasteiger partial charge on any atom is -0.481 e. The molecule has 0 atom stereocenters. The Bertz CT molecular complexity index is 314. The van der Waals surface area contributed by atoms with Gasteiger partial charge in [0.05, 0.1) is 7.11 Å². The van der Waals surface area contributed by atoms with Crippen LogP contribution in [0.1, 0.15) is 20.3 Å². The van der Waals surface area contributed by atoms with Crippen molar-refractivity contribution in [2.45, 2.75) is 25.8 Å². The highest BCUT2D eigenvalue weighted by molar-refractivity contribution is 5.30. The maximum absolute atomic E-state index is 5.52. The summed E-state index contributed by atoms with van der Waals surface area (Å²) in [5.74, 6) is 1.11. The van der Waals surface area contributed by atoms with Gasteiger partial charge in [-0.1, -0.05) is 0 Å². The van der Waals surface area contributed by atoms with Crippen LogP contribution in [0.25, 0.3) is 0 Å². The Morgan fingerprint density at radius 1 is 1.53 bits per heavy atom. The van der Waals surface area contributed by atoms with Crippen molar-refractivity contribution in [1.29, 1.82) is 0 Å². The smallest absolute Gasteiger partial charge is 0.226 e. The van der Waals surface area contributed by atoms with E-state index in [-0.39, 0.29) is 5.54 Å². The van der Waals surface area contributed by atoms with E-state index in [1.165, 1.54) is 0 Å². The fourth-order valence-corrected chi connectivity index (χ4v) is 1.24. The molecule has 3 N–H and O–H groups in total. The molecule has 84 valence electrons. The van der Waals surface area contributed by atoms with Gasteiger partial charge in [-0.05, 0) is 26.8 Å². The van der Waals surface area contributed by atoms with Gasteiger partial charge in [-0.3, -0.25) is 0 Å². The summed E-state index contributed by atoms with van der Waals surface area (Å²) in [5.41, 5.74) is 5.41. The molecular formula is C10H18N4O. The Balaban J connectivity index is 2.71. The minimum absolute atomic E-state index is 0.110. The van der Waals surface area contributed by atoms with Crippen LogP contribution >= 0.6 is 0 Å². The normalized spacial score (nSPS) is 11.2. The Morgan fingerprint density at radius 2 is 2.27 bits per heavy atom. The van der Waals surface area contributed by atoms with E-state index in [0.29, 0.717) is 18.4 Å². The zero-order valence-electron chi connectivity index (χ0n) is 9.45. The second-order valence-electron chi connectivity index (χ2n) is 3.97. The Hall–Kier alpha value is -1.36. The SMILES string of the molecule is COc1ccnc(NC(C)(C)CCN)n1. The number of aromatic nitrogens is 2. The molecule has 0 saturated heterocycles. The number of ether oxygens (including phenoxy) is 1. The summed E-state index contributed by atoms with van der Waals surface area (Å²) in [4.78, 5) is 8.29. The van der Waals surface area contributed by atoms with Gasteiger partial charge >= 0.3 is 0 Å². The average molecular weight is 210 g/mol. The van der Waals surface area contributed by atoms with Crippen LogP contribution in [0, 0.1) is 0 Å². The van der Waals surface area contributed by atoms with Crippen LogP contribution in [-0.4, -0.2) is 29.2 Å². The third-order valence-corrected chi connectivity index (χ3v) is 2.06. The zero-order chi connectivity index (χ0) is 11.3. The van der Waals surface area contributed by atoms with Crippen LogP contribution in [0.3, 0.4) is 0 Å². The number of nitrogens with two attached hydrogens (primary N) is 1. The molecule has 0 aromatic carbocycles. The maximum atomic E-state index is 5.52. The third-order valence-electron chi connectivity index (χ3n) is 2.06. The fourth-order valence-electron chi connectivity index (χ4n) is 1.24. The van der Waals surface area contributed by atoms with Gasteiger partial charge in [-0.25, -0.2) is 4.98 Å². The number of nitrogens with one attached hydrogen (secondary N) is 1. The van der Waals surface area contributed by atoms with E-state index in [1.807, 2.05) is 0 Å². The molecule has 0 unspecified atom stereocenters. The fraction of sp³-hybridized carbons (Fsp3) is 0.600. The van der Waals surface area contributed by atoms with Gasteiger partial charge in [0.1, 0.15) is 0 Å². The topological polar surface area (TPSA) is 73.1 Å². The summed E-state index contributed by atoms with van der Waals surface area (Å²) in [6, 6.07) is 1.71. The molecule has 0 spiro atoms. The van der Waals surface area contributed by atoms with Crippen molar-refractivity contribution in [1.82, 2.24) is 9.97 Å². The predicted octanol–water partition coefficient (Wildman–Crippen LogP) is 1.02. The van der Waals surface area contributed by atoms with Gasteiger partial charge < -0.3 is 15.8 Å². The van der Waals surface area contributed by atoms with Crippen molar-refractivity contribution >= 4 is 5.95 Å². The maximum Gasteiger partial charge on any atom is 0.226 e. The van der Waals surface area contributed by atoms with Gasteiger partial charge in [0.15, 0.2) is 0 Å². The number of nitrogens with zero attached hydrogens (tertiary/aromatic N) is 2. The van der Waals surface area contributed by atoms with Crippen molar-refractivity contribution in [2.24, 2.45) is 5.73 Å². The van der Waals surface area contributed by atoms with Crippen molar-refractivity contribution in [3.8, 4) is 5.88 Å². The molecule has 0 aliphatic heterocycles. The van der Waals surface area contributed by atoms with E-state index in [2.05, 4.69) is 29.1 Å². The van der Waals surface area contributed by atoms with E-state index >= 15 is 0 Å². The number of anilines is 1. The first-order valence-electron chi connectivity index (χ1n) is 4.93. The van der Waals surface area contributed by atoms with E-state index in [0.717, 1.165) is 6.42 Å². The average Bonchev–Trinajstić information content (AvgIpc) is 2.17. The molecule has 0 bridgehead atoms. The molecule has 0 aliphatic carbocycles. The van der Waals surface area contributed by atoms with E-state index < -0.39 is 0 Å². The van der Waals surface area contributed by atoms with Crippen LogP contribution in [0.2, 0.25) is 0 Å². The summed E-state index contributed by atoms with van der Waals surface area (Å²) in [7, 11) is 1.58. The molecule has 0 amide bonds. The Labute approximate surface area is 90.1 Å². The van der Waals surface area contributed by atoms with E-state index in [4.69, 9.17) is 10.5 Å².